The van der Waals surface area contributed by atoms with Crippen LogP contribution in [0.2, 0.25) is 0 Å². The quantitative estimate of drug-likeness (QED) is 0.243. The van der Waals surface area contributed by atoms with Gasteiger partial charge in [-0.05, 0) is 32.1 Å². The molecule has 0 saturated heterocycles. The molecular weight excluding hydrogens is 328 g/mol. The first kappa shape index (κ1) is 21.2. The Morgan fingerprint density at radius 2 is 1.64 bits per heavy atom. The fourth-order valence-corrected chi connectivity index (χ4v) is 2.31. The molecule has 0 spiro atoms. The van der Waals surface area contributed by atoms with Gasteiger partial charge in [0.25, 0.3) is 0 Å². The maximum Gasteiger partial charge on any atom is 0.344 e. The van der Waals surface area contributed by atoms with Crippen molar-refractivity contribution in [3.63, 3.8) is 0 Å². The molecule has 1 aliphatic rings. The predicted molar refractivity (Wildman–Crippen MR) is 89.8 cm³/mol. The summed E-state index contributed by atoms with van der Waals surface area (Å²) < 4.78 is 20.0. The molecule has 1 saturated carbocycles. The average molecular weight is 356 g/mol. The minimum atomic E-state index is -0.795. The van der Waals surface area contributed by atoms with Gasteiger partial charge in [0.05, 0.1) is 6.61 Å². The highest BCUT2D eigenvalue weighted by Crippen LogP contribution is 2.20. The normalized spacial score (nSPS) is 15.1. The zero-order chi connectivity index (χ0) is 18.3. The van der Waals surface area contributed by atoms with E-state index >= 15 is 0 Å². The number of hydrogen-bond donors (Lipinski definition) is 0. The molecule has 0 aromatic heterocycles. The van der Waals surface area contributed by atoms with Crippen LogP contribution in [0.4, 0.5) is 0 Å². The van der Waals surface area contributed by atoms with Gasteiger partial charge in [-0.15, -0.1) is 0 Å². The van der Waals surface area contributed by atoms with Gasteiger partial charge in [-0.2, -0.15) is 0 Å². The van der Waals surface area contributed by atoms with Gasteiger partial charge in [0.15, 0.2) is 6.61 Å². The zero-order valence-electron chi connectivity index (χ0n) is 14.9. The molecule has 7 nitrogen and oxygen atoms in total. The molecule has 1 fully saturated rings. The minimum absolute atomic E-state index is 0.0727. The molecule has 7 heteroatoms. The number of carbonyl (C=O) groups excluding carboxylic acids is 3. The van der Waals surface area contributed by atoms with E-state index in [2.05, 4.69) is 6.92 Å². The second kappa shape index (κ2) is 13.4. The molecule has 1 rings (SSSR count). The highest BCUT2D eigenvalue weighted by Gasteiger charge is 2.16. The van der Waals surface area contributed by atoms with Crippen molar-refractivity contribution in [3.8, 4) is 0 Å². The van der Waals surface area contributed by atoms with Gasteiger partial charge in [-0.3, -0.25) is 0 Å². The van der Waals surface area contributed by atoms with Crippen LogP contribution in [0.3, 0.4) is 0 Å². The molecular formula is C18H28O7. The van der Waals surface area contributed by atoms with Gasteiger partial charge >= 0.3 is 17.9 Å². The third kappa shape index (κ3) is 11.3. The number of esters is 3. The lowest BCUT2D eigenvalue weighted by atomic mass is 9.98. The fraction of sp³-hybridized carbons (Fsp3) is 0.722. The van der Waals surface area contributed by atoms with Gasteiger partial charge in [-0.25, -0.2) is 14.4 Å². The molecule has 0 amide bonds. The number of ether oxygens (including phenoxy) is 4. The Kier molecular flexibility index (Phi) is 11.3. The highest BCUT2D eigenvalue weighted by atomic mass is 16.6. The monoisotopic (exact) mass is 356 g/mol. The number of rotatable bonds is 11. The summed E-state index contributed by atoms with van der Waals surface area (Å²) in [6, 6.07) is 0. The Morgan fingerprint density at radius 3 is 2.36 bits per heavy atom. The molecule has 1 aliphatic carbocycles. The van der Waals surface area contributed by atoms with E-state index in [0.717, 1.165) is 57.1 Å². The highest BCUT2D eigenvalue weighted by molar-refractivity contribution is 5.92. The van der Waals surface area contributed by atoms with Crippen molar-refractivity contribution in [1.82, 2.24) is 0 Å². The van der Waals surface area contributed by atoms with Gasteiger partial charge in [0.2, 0.25) is 0 Å². The number of carbonyl (C=O) groups is 3. The first-order chi connectivity index (χ1) is 12.1. The lowest BCUT2D eigenvalue weighted by Gasteiger charge is -2.20. The second-order valence-corrected chi connectivity index (χ2v) is 5.82. The molecule has 0 aliphatic heterocycles. The van der Waals surface area contributed by atoms with E-state index in [9.17, 15) is 14.4 Å². The maximum atomic E-state index is 11.6. The minimum Gasteiger partial charge on any atom is -0.461 e. The van der Waals surface area contributed by atoms with Crippen LogP contribution in [0.5, 0.6) is 0 Å². The van der Waals surface area contributed by atoms with Gasteiger partial charge in [0.1, 0.15) is 12.7 Å². The summed E-state index contributed by atoms with van der Waals surface area (Å²) in [6.07, 6.45) is 8.88. The summed E-state index contributed by atoms with van der Waals surface area (Å²) in [6.45, 7) is 2.61. The molecule has 142 valence electrons. The molecule has 0 atom stereocenters. The molecule has 0 unspecified atom stereocenters. The Bertz CT molecular complexity index is 439. The lowest BCUT2D eigenvalue weighted by Crippen LogP contribution is -2.20. The van der Waals surface area contributed by atoms with E-state index in [1.54, 1.807) is 0 Å². The van der Waals surface area contributed by atoms with Crippen LogP contribution >= 0.6 is 0 Å². The predicted octanol–water partition coefficient (Wildman–Crippen LogP) is 2.32. The molecule has 0 radical (unpaired) electrons. The second-order valence-electron chi connectivity index (χ2n) is 5.82. The number of hydrogen-bond acceptors (Lipinski definition) is 7. The summed E-state index contributed by atoms with van der Waals surface area (Å²) in [4.78, 5) is 34.4. The maximum absolute atomic E-state index is 11.6. The van der Waals surface area contributed by atoms with Crippen LogP contribution < -0.4 is 0 Å². The van der Waals surface area contributed by atoms with Crippen molar-refractivity contribution in [2.45, 2.75) is 58.0 Å². The van der Waals surface area contributed by atoms with Crippen molar-refractivity contribution < 1.29 is 33.3 Å². The summed E-state index contributed by atoms with van der Waals surface area (Å²) >= 11 is 0. The van der Waals surface area contributed by atoms with Gasteiger partial charge in [-0.1, -0.05) is 19.8 Å². The van der Waals surface area contributed by atoms with E-state index in [-0.39, 0.29) is 12.7 Å². The fourth-order valence-electron chi connectivity index (χ4n) is 2.31. The molecule has 25 heavy (non-hydrogen) atoms. The topological polar surface area (TPSA) is 88.1 Å². The van der Waals surface area contributed by atoms with Gasteiger partial charge in [0, 0.05) is 18.8 Å². The molecule has 0 N–H and O–H groups in total. The van der Waals surface area contributed by atoms with Crippen LogP contribution in [0.25, 0.3) is 0 Å². The Labute approximate surface area is 148 Å². The lowest BCUT2D eigenvalue weighted by molar-refractivity contribution is -0.157. The molecule has 0 aromatic carbocycles. The standard InChI is InChI=1S/C18H28O7/c1-2-3-11-22-12-13-23-18(21)14-24-16(19)9-10-17(20)25-15-7-5-4-6-8-15/h9-10,15H,2-8,11-14H2,1H3/b10-9+. The van der Waals surface area contributed by atoms with Crippen LogP contribution in [0, 0.1) is 0 Å². The van der Waals surface area contributed by atoms with Crippen LogP contribution in [0.1, 0.15) is 51.9 Å². The van der Waals surface area contributed by atoms with E-state index in [1.165, 1.54) is 0 Å². The number of unbranched alkanes of at least 4 members (excludes halogenated alkanes) is 1. The third-order valence-electron chi connectivity index (χ3n) is 3.66. The average Bonchev–Trinajstić information content (AvgIpc) is 2.62. The van der Waals surface area contributed by atoms with E-state index < -0.39 is 24.5 Å². The Hall–Kier alpha value is -1.89. The van der Waals surface area contributed by atoms with Crippen LogP contribution in [-0.2, 0) is 33.3 Å². The van der Waals surface area contributed by atoms with Gasteiger partial charge < -0.3 is 18.9 Å². The van der Waals surface area contributed by atoms with Crippen molar-refractivity contribution in [3.05, 3.63) is 12.2 Å². The SMILES string of the molecule is CCCCOCCOC(=O)COC(=O)/C=C/C(=O)OC1CCCCC1. The first-order valence-electron chi connectivity index (χ1n) is 8.90. The summed E-state index contributed by atoms with van der Waals surface area (Å²) in [5.41, 5.74) is 0. The Balaban J connectivity index is 2.08. The summed E-state index contributed by atoms with van der Waals surface area (Å²) in [5.74, 6) is -2.03. The first-order valence-corrected chi connectivity index (χ1v) is 8.90. The largest absolute Gasteiger partial charge is 0.461 e. The zero-order valence-corrected chi connectivity index (χ0v) is 14.9. The van der Waals surface area contributed by atoms with Crippen molar-refractivity contribution in [2.24, 2.45) is 0 Å². The summed E-state index contributed by atoms with van der Waals surface area (Å²) in [7, 11) is 0. The van der Waals surface area contributed by atoms with Crippen molar-refractivity contribution in [1.29, 1.82) is 0 Å². The smallest absolute Gasteiger partial charge is 0.344 e. The van der Waals surface area contributed by atoms with Crippen molar-refractivity contribution in [2.75, 3.05) is 26.4 Å². The van der Waals surface area contributed by atoms with Crippen LogP contribution in [0.15, 0.2) is 12.2 Å². The Morgan fingerprint density at radius 1 is 0.920 bits per heavy atom. The van der Waals surface area contributed by atoms with E-state index in [4.69, 9.17) is 18.9 Å². The molecule has 0 heterocycles. The summed E-state index contributed by atoms with van der Waals surface area (Å²) in [5, 5.41) is 0. The van der Waals surface area contributed by atoms with Crippen LogP contribution in [-0.4, -0.2) is 50.4 Å². The van der Waals surface area contributed by atoms with E-state index in [1.807, 2.05) is 0 Å². The van der Waals surface area contributed by atoms with E-state index in [0.29, 0.717) is 13.2 Å². The third-order valence-corrected chi connectivity index (χ3v) is 3.66. The molecule has 0 aromatic rings. The van der Waals surface area contributed by atoms with Crippen molar-refractivity contribution >= 4 is 17.9 Å². The molecule has 0 bridgehead atoms.